The van der Waals surface area contributed by atoms with Crippen LogP contribution in [0, 0.1) is 0 Å². The third-order valence-corrected chi connectivity index (χ3v) is 3.76. The van der Waals surface area contributed by atoms with Gasteiger partial charge in [-0.3, -0.25) is 4.79 Å². The summed E-state index contributed by atoms with van der Waals surface area (Å²) in [6.07, 6.45) is -4.09. The summed E-state index contributed by atoms with van der Waals surface area (Å²) < 4.78 is 30.5. The standard InChI is InChI=1S/C15H14F2N2O4S/c16-12(17)7-19(14-18-11(9-24-14)6-13(20)21)15(22)23-8-10-4-2-1-3-5-10/h1-5,9,12H,6-8H2,(H,20,21). The SMILES string of the molecule is O=C(O)Cc1csc(N(CC(F)F)C(=O)OCc2ccccc2)n1. The second kappa shape index (κ2) is 8.34. The van der Waals surface area contributed by atoms with Gasteiger partial charge in [0.15, 0.2) is 5.13 Å². The minimum atomic E-state index is -2.78. The number of thiazole rings is 1. The van der Waals surface area contributed by atoms with Crippen LogP contribution in [0.4, 0.5) is 18.7 Å². The van der Waals surface area contributed by atoms with Crippen LogP contribution in [0.15, 0.2) is 35.7 Å². The van der Waals surface area contributed by atoms with Crippen molar-refractivity contribution in [2.45, 2.75) is 19.5 Å². The molecule has 0 spiro atoms. The zero-order valence-corrected chi connectivity index (χ0v) is 13.2. The van der Waals surface area contributed by atoms with E-state index in [-0.39, 0.29) is 23.9 Å². The molecule has 1 aromatic heterocycles. The van der Waals surface area contributed by atoms with Crippen LogP contribution in [-0.4, -0.2) is 35.1 Å². The third-order valence-electron chi connectivity index (χ3n) is 2.85. The van der Waals surface area contributed by atoms with E-state index < -0.39 is 25.0 Å². The highest BCUT2D eigenvalue weighted by Crippen LogP contribution is 2.23. The average Bonchev–Trinajstić information content (AvgIpc) is 2.98. The molecule has 0 saturated carbocycles. The zero-order valence-electron chi connectivity index (χ0n) is 12.4. The second-order valence-electron chi connectivity index (χ2n) is 4.73. The zero-order chi connectivity index (χ0) is 17.5. The number of nitrogens with zero attached hydrogens (tertiary/aromatic N) is 2. The van der Waals surface area contributed by atoms with Gasteiger partial charge in [0.25, 0.3) is 6.43 Å². The van der Waals surface area contributed by atoms with Gasteiger partial charge in [0.1, 0.15) is 6.61 Å². The van der Waals surface area contributed by atoms with Crippen molar-refractivity contribution in [3.63, 3.8) is 0 Å². The quantitative estimate of drug-likeness (QED) is 0.824. The average molecular weight is 356 g/mol. The summed E-state index contributed by atoms with van der Waals surface area (Å²) >= 11 is 0.909. The highest BCUT2D eigenvalue weighted by molar-refractivity contribution is 7.14. The van der Waals surface area contributed by atoms with Crippen LogP contribution < -0.4 is 4.90 Å². The van der Waals surface area contributed by atoms with Crippen molar-refractivity contribution in [2.75, 3.05) is 11.4 Å². The van der Waals surface area contributed by atoms with E-state index in [0.29, 0.717) is 10.5 Å². The molecule has 1 aromatic carbocycles. The number of hydrogen-bond acceptors (Lipinski definition) is 5. The van der Waals surface area contributed by atoms with Crippen molar-refractivity contribution in [3.8, 4) is 0 Å². The Kier molecular flexibility index (Phi) is 6.19. The number of anilines is 1. The first-order valence-corrected chi connectivity index (χ1v) is 7.76. The monoisotopic (exact) mass is 356 g/mol. The minimum Gasteiger partial charge on any atom is -0.481 e. The van der Waals surface area contributed by atoms with Crippen LogP contribution in [0.3, 0.4) is 0 Å². The van der Waals surface area contributed by atoms with Crippen molar-refractivity contribution >= 4 is 28.5 Å². The molecule has 0 atom stereocenters. The number of carbonyl (C=O) groups is 2. The van der Waals surface area contributed by atoms with Crippen molar-refractivity contribution in [1.29, 1.82) is 0 Å². The Hall–Kier alpha value is -2.55. The smallest absolute Gasteiger partial charge is 0.416 e. The Morgan fingerprint density at radius 1 is 1.29 bits per heavy atom. The Bertz CT molecular complexity index is 694. The number of hydrogen-bond donors (Lipinski definition) is 1. The van der Waals surface area contributed by atoms with E-state index in [1.165, 1.54) is 5.38 Å². The van der Waals surface area contributed by atoms with Crippen LogP contribution in [0.1, 0.15) is 11.3 Å². The highest BCUT2D eigenvalue weighted by Gasteiger charge is 2.24. The number of carbonyl (C=O) groups excluding carboxylic acids is 1. The first-order chi connectivity index (χ1) is 11.5. The molecule has 2 aromatic rings. The van der Waals surface area contributed by atoms with Gasteiger partial charge in [-0.05, 0) is 5.56 Å². The molecule has 2 rings (SSSR count). The largest absolute Gasteiger partial charge is 0.481 e. The summed E-state index contributed by atoms with van der Waals surface area (Å²) in [6.45, 7) is -0.944. The molecule has 1 heterocycles. The molecule has 0 saturated heterocycles. The first-order valence-electron chi connectivity index (χ1n) is 6.88. The fourth-order valence-corrected chi connectivity index (χ4v) is 2.65. The Morgan fingerprint density at radius 3 is 2.62 bits per heavy atom. The van der Waals surface area contributed by atoms with E-state index in [0.717, 1.165) is 11.3 Å². The molecule has 0 aliphatic heterocycles. The van der Waals surface area contributed by atoms with Gasteiger partial charge in [0.2, 0.25) is 0 Å². The van der Waals surface area contributed by atoms with Gasteiger partial charge in [0, 0.05) is 5.38 Å². The predicted octanol–water partition coefficient (Wildman–Crippen LogP) is 3.18. The number of halogens is 2. The molecule has 6 nitrogen and oxygen atoms in total. The van der Waals surface area contributed by atoms with Crippen molar-refractivity contribution in [3.05, 3.63) is 47.0 Å². The lowest BCUT2D eigenvalue weighted by molar-refractivity contribution is -0.136. The fourth-order valence-electron chi connectivity index (χ4n) is 1.82. The molecule has 24 heavy (non-hydrogen) atoms. The summed E-state index contributed by atoms with van der Waals surface area (Å²) in [5.41, 5.74) is 0.908. The summed E-state index contributed by atoms with van der Waals surface area (Å²) in [7, 11) is 0. The Balaban J connectivity index is 2.07. The van der Waals surface area contributed by atoms with E-state index in [2.05, 4.69) is 4.98 Å². The Morgan fingerprint density at radius 2 is 2.00 bits per heavy atom. The van der Waals surface area contributed by atoms with Gasteiger partial charge in [-0.25, -0.2) is 23.5 Å². The number of aromatic nitrogens is 1. The number of carboxylic acids is 1. The molecule has 0 aliphatic rings. The minimum absolute atomic E-state index is 0.0235. The van der Waals surface area contributed by atoms with Crippen LogP contribution in [0.25, 0.3) is 0 Å². The maximum Gasteiger partial charge on any atom is 0.416 e. The van der Waals surface area contributed by atoms with E-state index in [9.17, 15) is 18.4 Å². The van der Waals surface area contributed by atoms with Crippen molar-refractivity contribution in [2.24, 2.45) is 0 Å². The van der Waals surface area contributed by atoms with Crippen molar-refractivity contribution in [1.82, 2.24) is 4.98 Å². The maximum atomic E-state index is 12.7. The molecule has 128 valence electrons. The van der Waals surface area contributed by atoms with E-state index >= 15 is 0 Å². The first kappa shape index (κ1) is 17.8. The summed E-state index contributed by atoms with van der Waals surface area (Å²) in [5.74, 6) is -1.10. The number of benzene rings is 1. The Labute approximate surface area is 140 Å². The molecular formula is C15H14F2N2O4S. The van der Waals surface area contributed by atoms with Crippen LogP contribution in [-0.2, 0) is 22.6 Å². The number of aliphatic carboxylic acids is 1. The van der Waals surface area contributed by atoms with Gasteiger partial charge < -0.3 is 9.84 Å². The van der Waals surface area contributed by atoms with E-state index in [4.69, 9.17) is 9.84 Å². The molecule has 1 N–H and O–H groups in total. The molecule has 1 amide bonds. The number of amides is 1. The van der Waals surface area contributed by atoms with Crippen molar-refractivity contribution < 1.29 is 28.2 Å². The second-order valence-corrected chi connectivity index (χ2v) is 5.57. The lowest BCUT2D eigenvalue weighted by Crippen LogP contribution is -2.35. The van der Waals surface area contributed by atoms with E-state index in [1.54, 1.807) is 30.3 Å². The molecule has 0 fully saturated rings. The molecule has 0 aliphatic carbocycles. The van der Waals surface area contributed by atoms with Gasteiger partial charge in [-0.2, -0.15) is 0 Å². The number of alkyl halides is 2. The number of ether oxygens (including phenoxy) is 1. The van der Waals surface area contributed by atoms with Crippen LogP contribution in [0.5, 0.6) is 0 Å². The predicted molar refractivity (Wildman–Crippen MR) is 83.4 cm³/mol. The number of carboxylic acid groups (broad SMARTS) is 1. The summed E-state index contributed by atoms with van der Waals surface area (Å²) in [5, 5.41) is 10.1. The fraction of sp³-hybridized carbons (Fsp3) is 0.267. The van der Waals surface area contributed by atoms with Gasteiger partial charge in [0.05, 0.1) is 18.7 Å². The van der Waals surface area contributed by atoms with Gasteiger partial charge in [-0.1, -0.05) is 30.3 Å². The summed E-state index contributed by atoms with van der Waals surface area (Å²) in [4.78, 5) is 27.4. The molecule has 0 bridgehead atoms. The molecule has 9 heteroatoms. The van der Waals surface area contributed by atoms with E-state index in [1.807, 2.05) is 0 Å². The van der Waals surface area contributed by atoms with Crippen LogP contribution in [0.2, 0.25) is 0 Å². The van der Waals surface area contributed by atoms with Crippen LogP contribution >= 0.6 is 11.3 Å². The topological polar surface area (TPSA) is 79.7 Å². The van der Waals surface area contributed by atoms with Gasteiger partial charge >= 0.3 is 12.1 Å². The lowest BCUT2D eigenvalue weighted by Gasteiger charge is -2.19. The lowest BCUT2D eigenvalue weighted by atomic mass is 10.2. The molecule has 0 unspecified atom stereocenters. The van der Waals surface area contributed by atoms with Gasteiger partial charge in [-0.15, -0.1) is 11.3 Å². The highest BCUT2D eigenvalue weighted by atomic mass is 32.1. The molecule has 0 radical (unpaired) electrons. The normalized spacial score (nSPS) is 10.6. The molecular weight excluding hydrogens is 342 g/mol. The maximum absolute atomic E-state index is 12.7. The number of rotatable bonds is 7. The third kappa shape index (κ3) is 5.27. The summed E-state index contributed by atoms with van der Waals surface area (Å²) in [6, 6.07) is 8.80.